The van der Waals surface area contributed by atoms with E-state index in [4.69, 9.17) is 5.11 Å². The van der Waals surface area contributed by atoms with Gasteiger partial charge in [0.15, 0.2) is 11.4 Å². The van der Waals surface area contributed by atoms with Crippen molar-refractivity contribution in [2.75, 3.05) is 0 Å². The number of phenolic OH excluding ortho intramolecular Hbond substituents is 1. The number of quaternary nitrogens is 1. The van der Waals surface area contributed by atoms with Crippen LogP contribution in [0, 0.1) is 20.2 Å². The van der Waals surface area contributed by atoms with Crippen LogP contribution in [0.5, 0.6) is 5.75 Å². The molecule has 0 radical (unpaired) electrons. The van der Waals surface area contributed by atoms with E-state index in [2.05, 4.69) is 5.73 Å². The van der Waals surface area contributed by atoms with Crippen LogP contribution in [-0.2, 0) is 0 Å². The first kappa shape index (κ1) is 17.5. The van der Waals surface area contributed by atoms with E-state index >= 15 is 0 Å². The summed E-state index contributed by atoms with van der Waals surface area (Å²) in [6.45, 7) is 0. The lowest BCUT2D eigenvalue weighted by atomic mass is 10.2. The number of carbonyl (C=O) groups excluding carboxylic acids is 1. The van der Waals surface area contributed by atoms with Crippen molar-refractivity contribution in [2.24, 2.45) is 0 Å². The monoisotopic (exact) mass is 321 g/mol. The van der Waals surface area contributed by atoms with Gasteiger partial charge in [-0.05, 0) is 6.07 Å². The predicted molar refractivity (Wildman–Crippen MR) is 74.7 cm³/mol. The zero-order chi connectivity index (χ0) is 17.6. The highest BCUT2D eigenvalue weighted by molar-refractivity contribution is 5.87. The first-order valence-electron chi connectivity index (χ1n) is 5.97. The molecular formula is C13H11N3O7. The second kappa shape index (κ2) is 7.47. The fourth-order valence-electron chi connectivity index (χ4n) is 1.43. The summed E-state index contributed by atoms with van der Waals surface area (Å²) in [4.78, 5) is 29.2. The number of aromatic hydroxyl groups is 1. The number of benzene rings is 2. The molecule has 0 aliphatic rings. The molecule has 0 saturated heterocycles. The highest BCUT2D eigenvalue weighted by Crippen LogP contribution is 2.22. The van der Waals surface area contributed by atoms with Crippen LogP contribution in [0.2, 0.25) is 0 Å². The Morgan fingerprint density at radius 3 is 1.78 bits per heavy atom. The molecule has 0 amide bonds. The van der Waals surface area contributed by atoms with E-state index in [1.54, 1.807) is 18.2 Å². The van der Waals surface area contributed by atoms with Crippen molar-refractivity contribution in [1.82, 2.24) is 0 Å². The number of rotatable bonds is 3. The van der Waals surface area contributed by atoms with Crippen LogP contribution in [0.15, 0.2) is 42.5 Å². The number of para-hydroxylation sites is 1. The van der Waals surface area contributed by atoms with E-state index in [1.165, 1.54) is 0 Å². The van der Waals surface area contributed by atoms with E-state index < -0.39 is 32.8 Å². The summed E-state index contributed by atoms with van der Waals surface area (Å²) in [5, 5.41) is 39.9. The van der Waals surface area contributed by atoms with E-state index in [-0.39, 0.29) is 5.75 Å². The van der Waals surface area contributed by atoms with Crippen LogP contribution in [-0.4, -0.2) is 20.9 Å². The van der Waals surface area contributed by atoms with Crippen LogP contribution in [0.1, 0.15) is 10.4 Å². The standard InChI is InChI=1S/C7H4N2O6.C6H7NO/c10-7(11)4-1-5(8(12)13)3-6(2-4)9(14)15;7-5-3-1-2-4-6(5)8/h1-3H,(H,10,11);1-4,8H,7H2. The quantitative estimate of drug-likeness (QED) is 0.596. The predicted octanol–water partition coefficient (Wildman–Crippen LogP) is 0.132. The summed E-state index contributed by atoms with van der Waals surface area (Å²) >= 11 is 0. The number of carbonyl (C=O) groups is 1. The summed E-state index contributed by atoms with van der Waals surface area (Å²) in [6, 6.07) is 9.04. The van der Waals surface area contributed by atoms with Gasteiger partial charge in [0, 0.05) is 23.8 Å². The van der Waals surface area contributed by atoms with Gasteiger partial charge in [-0.3, -0.25) is 20.2 Å². The summed E-state index contributed by atoms with van der Waals surface area (Å²) in [5.74, 6) is -1.45. The minimum Gasteiger partial charge on any atom is -0.545 e. The molecule has 0 spiro atoms. The fraction of sp³-hybridized carbons (Fsp3) is 0. The van der Waals surface area contributed by atoms with E-state index in [0.717, 1.165) is 0 Å². The largest absolute Gasteiger partial charge is 0.545 e. The van der Waals surface area contributed by atoms with Crippen LogP contribution in [0.25, 0.3) is 0 Å². The van der Waals surface area contributed by atoms with Crippen LogP contribution < -0.4 is 10.8 Å². The zero-order valence-electron chi connectivity index (χ0n) is 11.5. The average molecular weight is 321 g/mol. The van der Waals surface area contributed by atoms with Crippen molar-refractivity contribution in [3.63, 3.8) is 0 Å². The van der Waals surface area contributed by atoms with Crippen molar-refractivity contribution in [2.45, 2.75) is 0 Å². The number of hydrogen-bond acceptors (Lipinski definition) is 7. The van der Waals surface area contributed by atoms with E-state index in [9.17, 15) is 30.1 Å². The second-order valence-electron chi connectivity index (χ2n) is 4.17. The number of phenols is 1. The van der Waals surface area contributed by atoms with Crippen molar-refractivity contribution in [3.8, 4) is 5.75 Å². The summed E-state index contributed by atoms with van der Waals surface area (Å²) < 4.78 is 0. The SMILES string of the molecule is O=C([O-])c1cc([N+](=O)[O-])cc([N+](=O)[O-])c1.[NH3+]c1ccccc1O. The van der Waals surface area contributed by atoms with E-state index in [1.807, 2.05) is 6.07 Å². The molecule has 10 heteroatoms. The molecule has 0 aliphatic carbocycles. The minimum atomic E-state index is -1.71. The summed E-state index contributed by atoms with van der Waals surface area (Å²) in [7, 11) is 0. The van der Waals surface area contributed by atoms with E-state index in [0.29, 0.717) is 23.9 Å². The molecule has 2 rings (SSSR count). The molecular weight excluding hydrogens is 310 g/mol. The number of nitro benzene ring substituents is 2. The van der Waals surface area contributed by atoms with Crippen molar-refractivity contribution >= 4 is 23.0 Å². The molecule has 2 aromatic rings. The topological polar surface area (TPSA) is 174 Å². The zero-order valence-corrected chi connectivity index (χ0v) is 11.5. The molecule has 0 fully saturated rings. The smallest absolute Gasteiger partial charge is 0.276 e. The Morgan fingerprint density at radius 1 is 1.00 bits per heavy atom. The molecule has 120 valence electrons. The van der Waals surface area contributed by atoms with Crippen LogP contribution in [0.3, 0.4) is 0 Å². The molecule has 10 nitrogen and oxygen atoms in total. The highest BCUT2D eigenvalue weighted by atomic mass is 16.6. The molecule has 0 aromatic heterocycles. The summed E-state index contributed by atoms with van der Waals surface area (Å²) in [6.07, 6.45) is 0. The number of non-ortho nitro benzene ring substituents is 2. The number of nitrogens with zero attached hydrogens (tertiary/aromatic N) is 2. The van der Waals surface area contributed by atoms with Gasteiger partial charge in [-0.15, -0.1) is 0 Å². The third kappa shape index (κ3) is 5.06. The van der Waals surface area contributed by atoms with Gasteiger partial charge >= 0.3 is 0 Å². The van der Waals surface area contributed by atoms with Gasteiger partial charge in [-0.1, -0.05) is 12.1 Å². The van der Waals surface area contributed by atoms with Crippen LogP contribution in [0.4, 0.5) is 17.1 Å². The molecule has 0 atom stereocenters. The Hall–Kier alpha value is -3.53. The Balaban J connectivity index is 0.000000277. The Morgan fingerprint density at radius 2 is 1.48 bits per heavy atom. The normalized spacial score (nSPS) is 9.43. The average Bonchev–Trinajstić information content (AvgIpc) is 2.50. The Kier molecular flexibility index (Phi) is 5.69. The molecule has 0 unspecified atom stereocenters. The molecule has 0 aliphatic heterocycles. The third-order valence-corrected chi connectivity index (χ3v) is 2.55. The van der Waals surface area contributed by atoms with Gasteiger partial charge in [-0.2, -0.15) is 0 Å². The van der Waals surface area contributed by atoms with Gasteiger partial charge in [0.25, 0.3) is 11.4 Å². The molecule has 0 saturated carbocycles. The molecule has 0 bridgehead atoms. The number of carboxylic acids is 1. The van der Waals surface area contributed by atoms with Gasteiger partial charge in [0.05, 0.1) is 21.9 Å². The first-order chi connectivity index (χ1) is 10.7. The lowest BCUT2D eigenvalue weighted by Gasteiger charge is -2.01. The lowest BCUT2D eigenvalue weighted by Crippen LogP contribution is -2.39. The number of aromatic carboxylic acids is 1. The third-order valence-electron chi connectivity index (χ3n) is 2.55. The van der Waals surface area contributed by atoms with Gasteiger partial charge in [0.2, 0.25) is 0 Å². The molecule has 0 heterocycles. The van der Waals surface area contributed by atoms with Crippen molar-refractivity contribution < 1.29 is 30.6 Å². The maximum atomic E-state index is 10.4. The minimum absolute atomic E-state index is 0.257. The van der Waals surface area contributed by atoms with Gasteiger partial charge < -0.3 is 20.7 Å². The highest BCUT2D eigenvalue weighted by Gasteiger charge is 2.16. The van der Waals surface area contributed by atoms with Gasteiger partial charge in [0.1, 0.15) is 0 Å². The summed E-state index contributed by atoms with van der Waals surface area (Å²) in [5.41, 5.74) is 2.32. The fourth-order valence-corrected chi connectivity index (χ4v) is 1.43. The Labute approximate surface area is 128 Å². The maximum absolute atomic E-state index is 10.4. The first-order valence-corrected chi connectivity index (χ1v) is 5.97. The van der Waals surface area contributed by atoms with Gasteiger partial charge in [-0.25, -0.2) is 0 Å². The van der Waals surface area contributed by atoms with Crippen LogP contribution >= 0.6 is 0 Å². The van der Waals surface area contributed by atoms with Crippen molar-refractivity contribution in [1.29, 1.82) is 0 Å². The molecule has 4 N–H and O–H groups in total. The maximum Gasteiger partial charge on any atom is 0.276 e. The van der Waals surface area contributed by atoms with Crippen molar-refractivity contribution in [3.05, 3.63) is 68.3 Å². The number of hydrogen-bond donors (Lipinski definition) is 2. The number of nitro groups is 2. The molecule has 23 heavy (non-hydrogen) atoms. The second-order valence-corrected chi connectivity index (χ2v) is 4.17. The molecule has 2 aromatic carbocycles. The number of carboxylic acid groups (broad SMARTS) is 1. The lowest BCUT2D eigenvalue weighted by molar-refractivity contribution is -0.394. The Bertz CT molecular complexity index is 661.